The van der Waals surface area contributed by atoms with Gasteiger partial charge in [-0.2, -0.15) is 0 Å². The Morgan fingerprint density at radius 2 is 1.88 bits per heavy atom. The number of carbonyl (C=O) groups is 3. The first kappa shape index (κ1) is 18.4. The fourth-order valence-electron chi connectivity index (χ4n) is 1.94. The number of nitro benzene ring substituents is 1. The summed E-state index contributed by atoms with van der Waals surface area (Å²) in [5.74, 6) is -4.14. The zero-order valence-electron chi connectivity index (χ0n) is 13.0. The number of benzene rings is 1. The van der Waals surface area contributed by atoms with Crippen molar-refractivity contribution in [2.75, 3.05) is 5.32 Å². The van der Waals surface area contributed by atoms with Gasteiger partial charge >= 0.3 is 11.9 Å². The summed E-state index contributed by atoms with van der Waals surface area (Å²) in [6, 6.07) is 2.23. The van der Waals surface area contributed by atoms with Gasteiger partial charge in [0.25, 0.3) is 11.5 Å². The molecule has 1 amide bonds. The van der Waals surface area contributed by atoms with Crippen LogP contribution in [0.3, 0.4) is 0 Å². The molecule has 1 saturated heterocycles. The minimum atomic E-state index is -1.40. The van der Waals surface area contributed by atoms with E-state index in [-0.39, 0.29) is 15.7 Å². The molecule has 0 aromatic heterocycles. The number of hydrogen-bond donors (Lipinski definition) is 2. The molecule has 1 aliphatic heterocycles. The first-order valence-electron chi connectivity index (χ1n) is 6.73. The Morgan fingerprint density at radius 1 is 1.32 bits per heavy atom. The zero-order chi connectivity index (χ0) is 18.9. The fourth-order valence-corrected chi connectivity index (χ4v) is 2.51. The molecule has 0 radical (unpaired) electrons. The predicted molar refractivity (Wildman–Crippen MR) is 87.3 cm³/mol. The number of nitrogens with one attached hydrogen (secondary N) is 1. The van der Waals surface area contributed by atoms with Gasteiger partial charge in [0.05, 0.1) is 4.92 Å². The molecule has 1 aliphatic rings. The first-order chi connectivity index (χ1) is 11.5. The van der Waals surface area contributed by atoms with Crippen LogP contribution in [-0.2, 0) is 19.1 Å². The van der Waals surface area contributed by atoms with Gasteiger partial charge in [-0.25, -0.2) is 9.59 Å². The maximum absolute atomic E-state index is 11.9. The smallest absolute Gasteiger partial charge is 0.350 e. The predicted octanol–water partition coefficient (Wildman–Crippen LogP) is 1.59. The van der Waals surface area contributed by atoms with E-state index in [0.29, 0.717) is 0 Å². The highest BCUT2D eigenvalue weighted by atomic mass is 79.9. The van der Waals surface area contributed by atoms with Gasteiger partial charge in [-0.05, 0) is 22.0 Å². The van der Waals surface area contributed by atoms with Gasteiger partial charge in [0, 0.05) is 36.1 Å². The Balaban J connectivity index is 2.41. The lowest BCUT2D eigenvalue weighted by Crippen LogP contribution is -2.42. The number of halogens is 1. The van der Waals surface area contributed by atoms with Crippen molar-refractivity contribution in [3.63, 3.8) is 0 Å². The van der Waals surface area contributed by atoms with E-state index in [9.17, 15) is 24.5 Å². The number of amides is 1. The van der Waals surface area contributed by atoms with Gasteiger partial charge in [-0.1, -0.05) is 0 Å². The summed E-state index contributed by atoms with van der Waals surface area (Å²) < 4.78 is 9.94. The quantitative estimate of drug-likeness (QED) is 0.248. The average molecular weight is 414 g/mol. The molecular formula is C14H12BrN3O7. The zero-order valence-corrected chi connectivity index (χ0v) is 14.6. The second kappa shape index (κ2) is 6.51. The normalized spacial score (nSPS) is 15.9. The summed E-state index contributed by atoms with van der Waals surface area (Å²) >= 11 is 3.07. The Hall–Kier alpha value is -2.95. The van der Waals surface area contributed by atoms with Gasteiger partial charge in [0.2, 0.25) is 5.91 Å². The van der Waals surface area contributed by atoms with Crippen molar-refractivity contribution in [3.05, 3.63) is 44.1 Å². The molecule has 1 aromatic carbocycles. The first-order valence-corrected chi connectivity index (χ1v) is 7.52. The van der Waals surface area contributed by atoms with Crippen LogP contribution >= 0.6 is 15.9 Å². The number of primary amides is 1. The van der Waals surface area contributed by atoms with E-state index in [1.165, 1.54) is 19.9 Å². The van der Waals surface area contributed by atoms with Crippen molar-refractivity contribution in [1.82, 2.24) is 0 Å². The van der Waals surface area contributed by atoms with E-state index in [4.69, 9.17) is 15.2 Å². The number of cyclic esters (lactones) is 2. The number of esters is 2. The van der Waals surface area contributed by atoms with Crippen molar-refractivity contribution >= 4 is 45.2 Å². The maximum Gasteiger partial charge on any atom is 0.350 e. The SMILES string of the molecule is CC1(C)OC(=O)C(=CNc2c(Br)cc(C(N)=O)cc2[N+](=O)[O-])C(=O)O1. The number of anilines is 1. The highest BCUT2D eigenvalue weighted by Crippen LogP contribution is 2.34. The van der Waals surface area contributed by atoms with Crippen molar-refractivity contribution in [2.24, 2.45) is 5.73 Å². The molecule has 132 valence electrons. The molecule has 1 fully saturated rings. The Kier molecular flexibility index (Phi) is 4.79. The minimum Gasteiger partial charge on any atom is -0.419 e. The molecule has 0 atom stereocenters. The number of nitrogens with two attached hydrogens (primary N) is 1. The molecule has 11 heteroatoms. The van der Waals surface area contributed by atoms with Crippen LogP contribution in [0, 0.1) is 10.1 Å². The van der Waals surface area contributed by atoms with Crippen LogP contribution in [-0.4, -0.2) is 28.6 Å². The van der Waals surface area contributed by atoms with Crippen molar-refractivity contribution in [1.29, 1.82) is 0 Å². The van der Waals surface area contributed by atoms with Crippen LogP contribution in [0.5, 0.6) is 0 Å². The number of rotatable bonds is 4. The molecule has 0 spiro atoms. The highest BCUT2D eigenvalue weighted by Gasteiger charge is 2.39. The molecule has 2 rings (SSSR count). The lowest BCUT2D eigenvalue weighted by molar-refractivity contribution is -0.384. The van der Waals surface area contributed by atoms with Crippen LogP contribution in [0.4, 0.5) is 11.4 Å². The van der Waals surface area contributed by atoms with E-state index in [1.54, 1.807) is 0 Å². The average Bonchev–Trinajstić information content (AvgIpc) is 2.45. The number of hydrogen-bond acceptors (Lipinski definition) is 8. The van der Waals surface area contributed by atoms with E-state index in [0.717, 1.165) is 12.3 Å². The van der Waals surface area contributed by atoms with Crippen LogP contribution < -0.4 is 11.1 Å². The third-order valence-electron chi connectivity index (χ3n) is 3.03. The largest absolute Gasteiger partial charge is 0.419 e. The number of nitrogens with zero attached hydrogens (tertiary/aromatic N) is 1. The van der Waals surface area contributed by atoms with Gasteiger partial charge < -0.3 is 20.5 Å². The van der Waals surface area contributed by atoms with Gasteiger partial charge in [0.1, 0.15) is 5.69 Å². The lowest BCUT2D eigenvalue weighted by Gasteiger charge is -2.29. The topological polar surface area (TPSA) is 151 Å². The molecule has 1 heterocycles. The van der Waals surface area contributed by atoms with Crippen LogP contribution in [0.2, 0.25) is 0 Å². The summed E-state index contributed by atoms with van der Waals surface area (Å²) in [5.41, 5.74) is 3.98. The van der Waals surface area contributed by atoms with Crippen molar-refractivity contribution in [2.45, 2.75) is 19.6 Å². The second-order valence-electron chi connectivity index (χ2n) is 5.35. The highest BCUT2D eigenvalue weighted by molar-refractivity contribution is 9.10. The molecule has 3 N–H and O–H groups in total. The summed E-state index contributed by atoms with van der Waals surface area (Å²) in [5, 5.41) is 13.7. The molecule has 0 aliphatic carbocycles. The second-order valence-corrected chi connectivity index (χ2v) is 6.21. The summed E-state index contributed by atoms with van der Waals surface area (Å²) in [4.78, 5) is 45.4. The lowest BCUT2D eigenvalue weighted by atomic mass is 10.1. The van der Waals surface area contributed by atoms with E-state index in [2.05, 4.69) is 21.2 Å². The molecule has 1 aromatic rings. The van der Waals surface area contributed by atoms with Gasteiger partial charge in [-0.3, -0.25) is 14.9 Å². The monoisotopic (exact) mass is 413 g/mol. The van der Waals surface area contributed by atoms with E-state index < -0.39 is 39.8 Å². The standard InChI is InChI=1S/C14H12BrN3O7/c1-14(2)24-12(20)7(13(21)25-14)5-17-10-8(15)3-6(11(16)19)4-9(10)18(22)23/h3-5,17H,1-2H3,(H2,16,19). The third-order valence-corrected chi connectivity index (χ3v) is 3.65. The maximum atomic E-state index is 11.9. The van der Waals surface area contributed by atoms with E-state index in [1.807, 2.05) is 0 Å². The Labute approximate surface area is 149 Å². The third kappa shape index (κ3) is 3.94. The summed E-state index contributed by atoms with van der Waals surface area (Å²) in [6.07, 6.45) is 0.928. The molecule has 0 bridgehead atoms. The van der Waals surface area contributed by atoms with Crippen molar-refractivity contribution in [3.8, 4) is 0 Å². The Morgan fingerprint density at radius 3 is 2.36 bits per heavy atom. The number of nitro groups is 1. The van der Waals surface area contributed by atoms with E-state index >= 15 is 0 Å². The molecule has 10 nitrogen and oxygen atoms in total. The molecular weight excluding hydrogens is 402 g/mol. The summed E-state index contributed by atoms with van der Waals surface area (Å²) in [6.45, 7) is 2.77. The molecule has 0 saturated carbocycles. The molecule has 0 unspecified atom stereocenters. The number of ether oxygens (including phenoxy) is 2. The summed E-state index contributed by atoms with van der Waals surface area (Å²) in [7, 11) is 0. The van der Waals surface area contributed by atoms with Crippen LogP contribution in [0.25, 0.3) is 0 Å². The van der Waals surface area contributed by atoms with Crippen molar-refractivity contribution < 1.29 is 28.8 Å². The molecule has 25 heavy (non-hydrogen) atoms. The Bertz CT molecular complexity index is 810. The minimum absolute atomic E-state index is 0.0880. The van der Waals surface area contributed by atoms with Crippen LogP contribution in [0.15, 0.2) is 28.4 Å². The van der Waals surface area contributed by atoms with Gasteiger partial charge in [0.15, 0.2) is 5.57 Å². The number of carbonyl (C=O) groups excluding carboxylic acids is 3. The van der Waals surface area contributed by atoms with Crippen LogP contribution in [0.1, 0.15) is 24.2 Å². The fraction of sp³-hybridized carbons (Fsp3) is 0.214. The van der Waals surface area contributed by atoms with Gasteiger partial charge in [-0.15, -0.1) is 0 Å².